The van der Waals surface area contributed by atoms with E-state index < -0.39 is 10.0 Å². The zero-order valence-corrected chi connectivity index (χ0v) is 14.7. The molecule has 1 aliphatic heterocycles. The number of nitrogens with one attached hydrogen (secondary N) is 1. The summed E-state index contributed by atoms with van der Waals surface area (Å²) in [4.78, 5) is 0. The summed E-state index contributed by atoms with van der Waals surface area (Å²) in [5.74, 6) is 0.184. The zero-order chi connectivity index (χ0) is 17.0. The first-order chi connectivity index (χ1) is 11.6. The van der Waals surface area contributed by atoms with Crippen molar-refractivity contribution in [3.05, 3.63) is 48.3 Å². The van der Waals surface area contributed by atoms with Gasteiger partial charge in [-0.05, 0) is 31.9 Å². The van der Waals surface area contributed by atoms with E-state index in [0.29, 0.717) is 19.1 Å². The SMILES string of the molecule is CCS(=O)(=O)N1CCC(NCc2cnn(-c3ccccc3)c2)CC1. The molecule has 3 rings (SSSR count). The van der Waals surface area contributed by atoms with Crippen LogP contribution in [0.2, 0.25) is 0 Å². The van der Waals surface area contributed by atoms with Crippen LogP contribution < -0.4 is 5.32 Å². The van der Waals surface area contributed by atoms with E-state index in [1.54, 1.807) is 11.2 Å². The van der Waals surface area contributed by atoms with Gasteiger partial charge in [-0.25, -0.2) is 17.4 Å². The normalized spacial score (nSPS) is 17.2. The van der Waals surface area contributed by atoms with Crippen LogP contribution in [0.1, 0.15) is 25.3 Å². The van der Waals surface area contributed by atoms with Crippen molar-refractivity contribution < 1.29 is 8.42 Å². The van der Waals surface area contributed by atoms with Gasteiger partial charge in [-0.15, -0.1) is 0 Å². The van der Waals surface area contributed by atoms with Crippen LogP contribution in [-0.4, -0.2) is 47.4 Å². The Hall–Kier alpha value is -1.70. The predicted molar refractivity (Wildman–Crippen MR) is 94.5 cm³/mol. The molecule has 1 saturated heterocycles. The van der Waals surface area contributed by atoms with E-state index in [0.717, 1.165) is 30.6 Å². The van der Waals surface area contributed by atoms with E-state index in [9.17, 15) is 8.42 Å². The van der Waals surface area contributed by atoms with Gasteiger partial charge in [-0.1, -0.05) is 18.2 Å². The Morgan fingerprint density at radius 1 is 1.21 bits per heavy atom. The van der Waals surface area contributed by atoms with E-state index in [-0.39, 0.29) is 5.75 Å². The van der Waals surface area contributed by atoms with Gasteiger partial charge in [-0.3, -0.25) is 0 Å². The van der Waals surface area contributed by atoms with Gasteiger partial charge in [0.2, 0.25) is 10.0 Å². The maximum Gasteiger partial charge on any atom is 0.213 e. The van der Waals surface area contributed by atoms with Crippen molar-refractivity contribution in [2.24, 2.45) is 0 Å². The van der Waals surface area contributed by atoms with Crippen LogP contribution in [0.3, 0.4) is 0 Å². The molecule has 1 fully saturated rings. The molecule has 1 aromatic carbocycles. The second-order valence-corrected chi connectivity index (χ2v) is 8.34. The van der Waals surface area contributed by atoms with Gasteiger partial charge in [-0.2, -0.15) is 5.10 Å². The highest BCUT2D eigenvalue weighted by molar-refractivity contribution is 7.89. The van der Waals surface area contributed by atoms with E-state index in [4.69, 9.17) is 0 Å². The fourth-order valence-corrected chi connectivity index (χ4v) is 4.09. The molecule has 1 aromatic heterocycles. The molecular weight excluding hydrogens is 324 g/mol. The van der Waals surface area contributed by atoms with Crippen LogP contribution in [0.5, 0.6) is 0 Å². The van der Waals surface area contributed by atoms with E-state index in [1.165, 1.54) is 0 Å². The molecule has 0 aliphatic carbocycles. The lowest BCUT2D eigenvalue weighted by Gasteiger charge is -2.31. The maximum atomic E-state index is 11.9. The first-order valence-electron chi connectivity index (χ1n) is 8.38. The Labute approximate surface area is 143 Å². The summed E-state index contributed by atoms with van der Waals surface area (Å²) in [6, 6.07) is 10.4. The van der Waals surface area contributed by atoms with Crippen molar-refractivity contribution in [3.63, 3.8) is 0 Å². The molecule has 0 amide bonds. The molecule has 2 aromatic rings. The Morgan fingerprint density at radius 2 is 1.92 bits per heavy atom. The second kappa shape index (κ2) is 7.46. The highest BCUT2D eigenvalue weighted by Gasteiger charge is 2.26. The molecule has 0 spiro atoms. The number of benzene rings is 1. The number of para-hydroxylation sites is 1. The molecule has 1 N–H and O–H groups in total. The molecule has 7 heteroatoms. The second-order valence-electron chi connectivity index (χ2n) is 6.08. The van der Waals surface area contributed by atoms with E-state index in [2.05, 4.69) is 10.4 Å². The topological polar surface area (TPSA) is 67.2 Å². The van der Waals surface area contributed by atoms with Crippen LogP contribution in [0.25, 0.3) is 5.69 Å². The first kappa shape index (κ1) is 17.1. The highest BCUT2D eigenvalue weighted by atomic mass is 32.2. The molecule has 0 saturated carbocycles. The molecule has 24 heavy (non-hydrogen) atoms. The molecule has 0 bridgehead atoms. The number of rotatable bonds is 6. The fourth-order valence-electron chi connectivity index (χ4n) is 2.96. The fraction of sp³-hybridized carbons (Fsp3) is 0.471. The van der Waals surface area contributed by atoms with Gasteiger partial charge < -0.3 is 5.32 Å². The number of nitrogens with zero attached hydrogens (tertiary/aromatic N) is 3. The Kier molecular flexibility index (Phi) is 5.33. The minimum Gasteiger partial charge on any atom is -0.310 e. The third-order valence-corrected chi connectivity index (χ3v) is 6.35. The molecule has 0 unspecified atom stereocenters. The molecule has 130 valence electrons. The number of sulfonamides is 1. The van der Waals surface area contributed by atoms with Gasteiger partial charge >= 0.3 is 0 Å². The van der Waals surface area contributed by atoms with Crippen molar-refractivity contribution in [2.75, 3.05) is 18.8 Å². The summed E-state index contributed by atoms with van der Waals surface area (Å²) >= 11 is 0. The molecule has 6 nitrogen and oxygen atoms in total. The quantitative estimate of drug-likeness (QED) is 0.864. The van der Waals surface area contributed by atoms with Crippen molar-refractivity contribution in [3.8, 4) is 5.69 Å². The minimum atomic E-state index is -3.05. The first-order valence-corrected chi connectivity index (χ1v) is 9.99. The standard InChI is InChI=1S/C17H24N4O2S/c1-2-24(22,23)20-10-8-16(9-11-20)18-12-15-13-19-21(14-15)17-6-4-3-5-7-17/h3-7,13-14,16,18H,2,8-12H2,1H3. The van der Waals surface area contributed by atoms with Crippen molar-refractivity contribution in [1.82, 2.24) is 19.4 Å². The lowest BCUT2D eigenvalue weighted by Crippen LogP contribution is -2.45. The average Bonchev–Trinajstić information content (AvgIpc) is 3.10. The average molecular weight is 348 g/mol. The van der Waals surface area contributed by atoms with Crippen LogP contribution in [0.4, 0.5) is 0 Å². The molecule has 1 aliphatic rings. The third kappa shape index (κ3) is 4.03. The zero-order valence-electron chi connectivity index (χ0n) is 13.9. The molecule has 2 heterocycles. The Balaban J connectivity index is 1.50. The number of aromatic nitrogens is 2. The lowest BCUT2D eigenvalue weighted by molar-refractivity contribution is 0.289. The summed E-state index contributed by atoms with van der Waals surface area (Å²) in [6.07, 6.45) is 5.60. The van der Waals surface area contributed by atoms with E-state index >= 15 is 0 Å². The summed E-state index contributed by atoms with van der Waals surface area (Å²) in [7, 11) is -3.05. The monoisotopic (exact) mass is 348 g/mol. The van der Waals surface area contributed by atoms with E-state index in [1.807, 2.05) is 47.4 Å². The minimum absolute atomic E-state index is 0.184. The van der Waals surface area contributed by atoms with Gasteiger partial charge in [0.1, 0.15) is 0 Å². The number of hydrogen-bond acceptors (Lipinski definition) is 4. The maximum absolute atomic E-state index is 11.9. The summed E-state index contributed by atoms with van der Waals surface area (Å²) in [6.45, 7) is 3.66. The van der Waals surface area contributed by atoms with Crippen LogP contribution in [0.15, 0.2) is 42.7 Å². The molecule has 0 radical (unpaired) electrons. The van der Waals surface area contributed by atoms with Crippen molar-refractivity contribution >= 4 is 10.0 Å². The highest BCUT2D eigenvalue weighted by Crippen LogP contribution is 2.15. The third-order valence-electron chi connectivity index (χ3n) is 4.46. The molecule has 0 atom stereocenters. The predicted octanol–water partition coefficient (Wildman–Crippen LogP) is 1.78. The summed E-state index contributed by atoms with van der Waals surface area (Å²) < 4.78 is 27.2. The van der Waals surface area contributed by atoms with Crippen LogP contribution >= 0.6 is 0 Å². The van der Waals surface area contributed by atoms with Gasteiger partial charge in [0.05, 0.1) is 17.6 Å². The Morgan fingerprint density at radius 3 is 2.58 bits per heavy atom. The number of piperidine rings is 1. The van der Waals surface area contributed by atoms with Gasteiger partial charge in [0.25, 0.3) is 0 Å². The van der Waals surface area contributed by atoms with Gasteiger partial charge in [0, 0.05) is 37.4 Å². The smallest absolute Gasteiger partial charge is 0.213 e. The molecular formula is C17H24N4O2S. The summed E-state index contributed by atoms with van der Waals surface area (Å²) in [5, 5.41) is 7.91. The van der Waals surface area contributed by atoms with Crippen LogP contribution in [0, 0.1) is 0 Å². The van der Waals surface area contributed by atoms with Crippen LogP contribution in [-0.2, 0) is 16.6 Å². The van der Waals surface area contributed by atoms with Crippen molar-refractivity contribution in [1.29, 1.82) is 0 Å². The largest absolute Gasteiger partial charge is 0.310 e. The van der Waals surface area contributed by atoms with Gasteiger partial charge in [0.15, 0.2) is 0 Å². The van der Waals surface area contributed by atoms with Crippen molar-refractivity contribution in [2.45, 2.75) is 32.4 Å². The summed E-state index contributed by atoms with van der Waals surface area (Å²) in [5.41, 5.74) is 2.17. The lowest BCUT2D eigenvalue weighted by atomic mass is 10.1. The Bertz CT molecular complexity index is 750. The number of hydrogen-bond donors (Lipinski definition) is 1.